The molecule has 4 rings (SSSR count). The lowest BCUT2D eigenvalue weighted by molar-refractivity contribution is 0.330. The van der Waals surface area contributed by atoms with Crippen LogP contribution in [-0.4, -0.2) is 59.3 Å². The Labute approximate surface area is 157 Å². The van der Waals surface area contributed by atoms with Gasteiger partial charge in [-0.1, -0.05) is 0 Å². The fourth-order valence-electron chi connectivity index (χ4n) is 3.64. The van der Waals surface area contributed by atoms with E-state index in [0.717, 1.165) is 19.8 Å². The van der Waals surface area contributed by atoms with E-state index in [2.05, 4.69) is 35.4 Å². The van der Waals surface area contributed by atoms with Crippen LogP contribution in [0.15, 0.2) is 18.2 Å². The number of aromatic nitrogens is 3. The first-order chi connectivity index (χ1) is 13.2. The maximum atomic E-state index is 14.0. The topological polar surface area (TPSA) is 78.4 Å². The van der Waals surface area contributed by atoms with Crippen LogP contribution in [0.1, 0.15) is 19.8 Å². The summed E-state index contributed by atoms with van der Waals surface area (Å²) in [5.41, 5.74) is 0.551. The number of methoxy groups -OCH3 is 1. The summed E-state index contributed by atoms with van der Waals surface area (Å²) >= 11 is 0. The fraction of sp³-hybridized carbons (Fsp3) is 0.500. The summed E-state index contributed by atoms with van der Waals surface area (Å²) in [6, 6.07) is 5.24. The minimum Gasteiger partial charge on any atom is -0.494 e. The second kappa shape index (κ2) is 7.51. The largest absolute Gasteiger partial charge is 0.494 e. The third kappa shape index (κ3) is 3.73. The highest BCUT2D eigenvalue weighted by molar-refractivity contribution is 5.57. The molecule has 0 aliphatic carbocycles. The van der Waals surface area contributed by atoms with E-state index in [9.17, 15) is 4.39 Å². The highest BCUT2D eigenvalue weighted by atomic mass is 19.1. The predicted molar refractivity (Wildman–Crippen MR) is 102 cm³/mol. The molecule has 2 aromatic rings. The van der Waals surface area contributed by atoms with Crippen molar-refractivity contribution in [1.82, 2.24) is 19.9 Å². The van der Waals surface area contributed by atoms with Crippen LogP contribution in [-0.2, 0) is 0 Å². The second-order valence-electron chi connectivity index (χ2n) is 6.76. The van der Waals surface area contributed by atoms with Crippen LogP contribution < -0.4 is 20.3 Å². The molecule has 2 fully saturated rings. The molecular formula is C18H24FN7O. The Morgan fingerprint density at radius 3 is 2.85 bits per heavy atom. The van der Waals surface area contributed by atoms with Gasteiger partial charge in [-0.15, -0.1) is 0 Å². The Bertz CT molecular complexity index is 806. The van der Waals surface area contributed by atoms with Gasteiger partial charge in [0.1, 0.15) is 0 Å². The predicted octanol–water partition coefficient (Wildman–Crippen LogP) is 2.44. The van der Waals surface area contributed by atoms with Gasteiger partial charge in [-0.25, -0.2) is 4.39 Å². The smallest absolute Gasteiger partial charge is 0.233 e. The lowest BCUT2D eigenvalue weighted by Gasteiger charge is -2.18. The molecule has 27 heavy (non-hydrogen) atoms. The first kappa shape index (κ1) is 17.7. The first-order valence-electron chi connectivity index (χ1n) is 9.25. The fourth-order valence-corrected chi connectivity index (χ4v) is 3.64. The summed E-state index contributed by atoms with van der Waals surface area (Å²) in [6.45, 7) is 5.57. The van der Waals surface area contributed by atoms with Crippen molar-refractivity contribution in [1.29, 1.82) is 0 Å². The summed E-state index contributed by atoms with van der Waals surface area (Å²) in [4.78, 5) is 18.1. The molecule has 2 aliphatic heterocycles. The molecule has 1 aromatic carbocycles. The molecule has 0 bridgehead atoms. The number of ether oxygens (including phenoxy) is 1. The van der Waals surface area contributed by atoms with Gasteiger partial charge in [-0.3, -0.25) is 4.90 Å². The van der Waals surface area contributed by atoms with Crippen LogP contribution >= 0.6 is 0 Å². The summed E-state index contributed by atoms with van der Waals surface area (Å²) < 4.78 is 18.9. The van der Waals surface area contributed by atoms with Gasteiger partial charge >= 0.3 is 0 Å². The van der Waals surface area contributed by atoms with Gasteiger partial charge in [0.25, 0.3) is 0 Å². The van der Waals surface area contributed by atoms with Crippen molar-refractivity contribution in [3.05, 3.63) is 24.0 Å². The van der Waals surface area contributed by atoms with Crippen LogP contribution in [0.4, 0.5) is 27.9 Å². The molecule has 1 atom stereocenters. The third-order valence-corrected chi connectivity index (χ3v) is 4.93. The van der Waals surface area contributed by atoms with Gasteiger partial charge < -0.3 is 20.3 Å². The van der Waals surface area contributed by atoms with Gasteiger partial charge in [-0.2, -0.15) is 15.0 Å². The number of hydrogen-bond donors (Lipinski definition) is 2. The molecular weight excluding hydrogens is 349 g/mol. The highest BCUT2D eigenvalue weighted by Gasteiger charge is 2.35. The molecule has 2 N–H and O–H groups in total. The number of nitrogens with zero attached hydrogens (tertiary/aromatic N) is 5. The van der Waals surface area contributed by atoms with Crippen molar-refractivity contribution >= 4 is 23.5 Å². The highest BCUT2D eigenvalue weighted by Crippen LogP contribution is 2.28. The number of rotatable bonds is 6. The molecule has 9 heteroatoms. The Kier molecular flexibility index (Phi) is 4.93. The zero-order chi connectivity index (χ0) is 18.8. The van der Waals surface area contributed by atoms with Gasteiger partial charge in [0, 0.05) is 37.4 Å². The molecule has 0 amide bonds. The number of halogens is 1. The number of fused-ring (bicyclic) bond motifs is 1. The van der Waals surface area contributed by atoms with Gasteiger partial charge in [0.15, 0.2) is 11.6 Å². The van der Waals surface area contributed by atoms with Crippen molar-refractivity contribution in [2.45, 2.75) is 25.8 Å². The van der Waals surface area contributed by atoms with E-state index in [4.69, 9.17) is 4.74 Å². The van der Waals surface area contributed by atoms with Crippen LogP contribution in [0.5, 0.6) is 5.75 Å². The van der Waals surface area contributed by atoms with E-state index in [0.29, 0.717) is 36.1 Å². The third-order valence-electron chi connectivity index (χ3n) is 4.93. The van der Waals surface area contributed by atoms with E-state index < -0.39 is 5.82 Å². The molecule has 2 saturated heterocycles. The average molecular weight is 373 g/mol. The molecule has 144 valence electrons. The number of benzene rings is 1. The summed E-state index contributed by atoms with van der Waals surface area (Å²) in [7, 11) is 1.44. The van der Waals surface area contributed by atoms with Crippen LogP contribution in [0.3, 0.4) is 0 Å². The van der Waals surface area contributed by atoms with Gasteiger partial charge in [0.05, 0.1) is 13.8 Å². The van der Waals surface area contributed by atoms with E-state index in [1.54, 1.807) is 12.1 Å². The minimum absolute atomic E-state index is 0.197. The van der Waals surface area contributed by atoms with Crippen molar-refractivity contribution in [3.63, 3.8) is 0 Å². The molecule has 0 saturated carbocycles. The molecule has 1 aromatic heterocycles. The SMILES string of the molecule is CCNc1nc(Nc2ccc(OC)c(F)c2)nc(N2CC3CCCN3C2)n1. The van der Waals surface area contributed by atoms with Crippen molar-refractivity contribution in [3.8, 4) is 5.75 Å². The first-order valence-corrected chi connectivity index (χ1v) is 9.25. The lowest BCUT2D eigenvalue weighted by Crippen LogP contribution is -2.27. The standard InChI is InChI=1S/C18H24FN7O/c1-3-20-16-22-17(21-12-6-7-15(27-2)14(19)9-12)24-18(23-16)26-10-13-5-4-8-25(13)11-26/h6-7,9,13H,3-5,8,10-11H2,1-2H3,(H2,20,21,22,23,24). The van der Waals surface area contributed by atoms with Crippen LogP contribution in [0, 0.1) is 5.82 Å². The van der Waals surface area contributed by atoms with E-state index in [1.165, 1.54) is 26.0 Å². The maximum Gasteiger partial charge on any atom is 0.233 e. The normalized spacial score (nSPS) is 19.2. The number of hydrogen-bond acceptors (Lipinski definition) is 8. The summed E-state index contributed by atoms with van der Waals surface area (Å²) in [5, 5.41) is 6.21. The summed E-state index contributed by atoms with van der Waals surface area (Å²) in [5.74, 6) is 1.28. The minimum atomic E-state index is -0.441. The monoisotopic (exact) mass is 373 g/mol. The van der Waals surface area contributed by atoms with Crippen molar-refractivity contribution in [2.75, 3.05) is 48.9 Å². The molecule has 8 nitrogen and oxygen atoms in total. The quantitative estimate of drug-likeness (QED) is 0.799. The number of nitrogens with one attached hydrogen (secondary N) is 2. The van der Waals surface area contributed by atoms with E-state index in [1.807, 2.05) is 6.92 Å². The van der Waals surface area contributed by atoms with Crippen molar-refractivity contribution in [2.24, 2.45) is 0 Å². The van der Waals surface area contributed by atoms with Crippen LogP contribution in [0.25, 0.3) is 0 Å². The van der Waals surface area contributed by atoms with Crippen LogP contribution in [0.2, 0.25) is 0 Å². The maximum absolute atomic E-state index is 14.0. The molecule has 1 unspecified atom stereocenters. The van der Waals surface area contributed by atoms with Gasteiger partial charge in [-0.05, 0) is 31.9 Å². The Morgan fingerprint density at radius 2 is 2.11 bits per heavy atom. The number of anilines is 4. The molecule has 3 heterocycles. The molecule has 2 aliphatic rings. The Hall–Kier alpha value is -2.68. The second-order valence-corrected chi connectivity index (χ2v) is 6.76. The zero-order valence-corrected chi connectivity index (χ0v) is 15.6. The molecule has 0 spiro atoms. The summed E-state index contributed by atoms with van der Waals surface area (Å²) in [6.07, 6.45) is 2.48. The zero-order valence-electron chi connectivity index (χ0n) is 15.6. The van der Waals surface area contributed by atoms with Gasteiger partial charge in [0.2, 0.25) is 17.8 Å². The lowest BCUT2D eigenvalue weighted by atomic mass is 10.2. The van der Waals surface area contributed by atoms with E-state index >= 15 is 0 Å². The van der Waals surface area contributed by atoms with E-state index in [-0.39, 0.29) is 5.75 Å². The Balaban J connectivity index is 1.58. The molecule has 0 radical (unpaired) electrons. The average Bonchev–Trinajstić information content (AvgIpc) is 3.24. The Morgan fingerprint density at radius 1 is 1.26 bits per heavy atom. The van der Waals surface area contributed by atoms with Crippen molar-refractivity contribution < 1.29 is 9.13 Å².